The minimum Gasteiger partial charge on any atom is -0.399 e. The van der Waals surface area contributed by atoms with Gasteiger partial charge in [0.15, 0.2) is 0 Å². The third-order valence-electron chi connectivity index (χ3n) is 3.50. The highest BCUT2D eigenvalue weighted by Gasteiger charge is 2.25. The van der Waals surface area contributed by atoms with Crippen molar-refractivity contribution in [1.29, 1.82) is 0 Å². The summed E-state index contributed by atoms with van der Waals surface area (Å²) in [6.07, 6.45) is 3.29. The van der Waals surface area contributed by atoms with Crippen LogP contribution in [0.1, 0.15) is 19.0 Å². The minimum absolute atomic E-state index is 0.338. The topological polar surface area (TPSA) is 51.4 Å². The summed E-state index contributed by atoms with van der Waals surface area (Å²) in [6.45, 7) is 5.20. The third-order valence-corrected chi connectivity index (χ3v) is 3.50. The molecule has 0 aromatic carbocycles. The van der Waals surface area contributed by atoms with Gasteiger partial charge in [0.2, 0.25) is 0 Å². The highest BCUT2D eigenvalue weighted by molar-refractivity contribution is 5.37. The lowest BCUT2D eigenvalue weighted by atomic mass is 9.96. The molecule has 1 aromatic heterocycles. The fourth-order valence-corrected chi connectivity index (χ4v) is 2.36. The Morgan fingerprint density at radius 3 is 3.12 bits per heavy atom. The summed E-state index contributed by atoms with van der Waals surface area (Å²) in [7, 11) is 1.80. The Labute approximate surface area is 103 Å². The number of piperidine rings is 1. The predicted molar refractivity (Wildman–Crippen MR) is 68.5 cm³/mol. The molecule has 1 fully saturated rings. The van der Waals surface area contributed by atoms with Crippen LogP contribution in [0.5, 0.6) is 0 Å². The molecule has 2 rings (SSSR count). The van der Waals surface area contributed by atoms with Crippen LogP contribution in [0, 0.1) is 5.92 Å². The van der Waals surface area contributed by atoms with Crippen molar-refractivity contribution in [3.63, 3.8) is 0 Å². The number of methoxy groups -OCH3 is 1. The maximum atomic E-state index is 5.76. The molecule has 0 saturated carbocycles. The lowest BCUT2D eigenvalue weighted by molar-refractivity contribution is -0.00778. The van der Waals surface area contributed by atoms with Gasteiger partial charge in [-0.3, -0.25) is 9.88 Å². The lowest BCUT2D eigenvalue weighted by Gasteiger charge is -2.35. The largest absolute Gasteiger partial charge is 0.399 e. The van der Waals surface area contributed by atoms with Crippen LogP contribution in [-0.4, -0.2) is 36.2 Å². The van der Waals surface area contributed by atoms with Gasteiger partial charge < -0.3 is 10.5 Å². The van der Waals surface area contributed by atoms with Crippen molar-refractivity contribution >= 4 is 5.69 Å². The number of hydrogen-bond acceptors (Lipinski definition) is 4. The Hall–Kier alpha value is -1.13. The molecular formula is C13H21N3O. The van der Waals surface area contributed by atoms with Crippen molar-refractivity contribution in [3.8, 4) is 0 Å². The SMILES string of the molecule is COC1CN(Cc2cc(N)ccn2)CCC1C. The Bertz CT molecular complexity index is 369. The van der Waals surface area contributed by atoms with E-state index in [1.54, 1.807) is 13.3 Å². The summed E-state index contributed by atoms with van der Waals surface area (Å²) in [5.41, 5.74) is 7.57. The van der Waals surface area contributed by atoms with Crippen molar-refractivity contribution in [2.45, 2.75) is 26.0 Å². The van der Waals surface area contributed by atoms with Crippen molar-refractivity contribution < 1.29 is 4.74 Å². The fraction of sp³-hybridized carbons (Fsp3) is 0.615. The standard InChI is InChI=1S/C13H21N3O/c1-10-4-6-16(9-13(10)17-2)8-12-7-11(14)3-5-15-12/h3,5,7,10,13H,4,6,8-9H2,1-2H3,(H2,14,15). The molecule has 0 spiro atoms. The number of aromatic nitrogens is 1. The maximum Gasteiger partial charge on any atom is 0.0724 e. The summed E-state index contributed by atoms with van der Waals surface area (Å²) in [6, 6.07) is 3.76. The van der Waals surface area contributed by atoms with E-state index in [1.807, 2.05) is 12.1 Å². The van der Waals surface area contributed by atoms with Crippen molar-refractivity contribution in [2.24, 2.45) is 5.92 Å². The molecular weight excluding hydrogens is 214 g/mol. The second kappa shape index (κ2) is 5.47. The Kier molecular flexibility index (Phi) is 3.97. The normalized spacial score (nSPS) is 26.0. The van der Waals surface area contributed by atoms with Gasteiger partial charge in [-0.2, -0.15) is 0 Å². The van der Waals surface area contributed by atoms with Gasteiger partial charge in [0.05, 0.1) is 11.8 Å². The number of nitrogen functional groups attached to an aromatic ring is 1. The summed E-state index contributed by atoms with van der Waals surface area (Å²) in [4.78, 5) is 6.73. The molecule has 4 nitrogen and oxygen atoms in total. The van der Waals surface area contributed by atoms with E-state index < -0.39 is 0 Å². The summed E-state index contributed by atoms with van der Waals surface area (Å²) in [5, 5.41) is 0. The summed E-state index contributed by atoms with van der Waals surface area (Å²) >= 11 is 0. The van der Waals surface area contributed by atoms with E-state index in [4.69, 9.17) is 10.5 Å². The monoisotopic (exact) mass is 235 g/mol. The molecule has 0 bridgehead atoms. The van der Waals surface area contributed by atoms with Gasteiger partial charge in [-0.1, -0.05) is 6.92 Å². The zero-order chi connectivity index (χ0) is 12.3. The number of likely N-dealkylation sites (tertiary alicyclic amines) is 1. The average Bonchev–Trinajstić information content (AvgIpc) is 2.32. The predicted octanol–water partition coefficient (Wildman–Crippen LogP) is 1.52. The summed E-state index contributed by atoms with van der Waals surface area (Å²) < 4.78 is 5.51. The van der Waals surface area contributed by atoms with Gasteiger partial charge in [0, 0.05) is 32.1 Å². The van der Waals surface area contributed by atoms with Crippen LogP contribution in [0.3, 0.4) is 0 Å². The fourth-order valence-electron chi connectivity index (χ4n) is 2.36. The first-order valence-corrected chi connectivity index (χ1v) is 6.14. The highest BCUT2D eigenvalue weighted by atomic mass is 16.5. The first kappa shape index (κ1) is 12.3. The van der Waals surface area contributed by atoms with Crippen LogP contribution < -0.4 is 5.73 Å². The Morgan fingerprint density at radius 1 is 1.59 bits per heavy atom. The quantitative estimate of drug-likeness (QED) is 0.863. The Morgan fingerprint density at radius 2 is 2.41 bits per heavy atom. The zero-order valence-corrected chi connectivity index (χ0v) is 10.6. The van der Waals surface area contributed by atoms with Gasteiger partial charge in [-0.25, -0.2) is 0 Å². The molecule has 2 heterocycles. The van der Waals surface area contributed by atoms with Crippen LogP contribution in [0.15, 0.2) is 18.3 Å². The molecule has 2 atom stereocenters. The molecule has 0 aliphatic carbocycles. The van der Waals surface area contributed by atoms with Crippen LogP contribution >= 0.6 is 0 Å². The Balaban J connectivity index is 1.95. The van der Waals surface area contributed by atoms with Gasteiger partial charge in [0.1, 0.15) is 0 Å². The lowest BCUT2D eigenvalue weighted by Crippen LogP contribution is -2.43. The number of rotatable bonds is 3. The van der Waals surface area contributed by atoms with Crippen molar-refractivity contribution in [2.75, 3.05) is 25.9 Å². The van der Waals surface area contributed by atoms with E-state index in [-0.39, 0.29) is 0 Å². The van der Waals surface area contributed by atoms with Crippen molar-refractivity contribution in [3.05, 3.63) is 24.0 Å². The smallest absolute Gasteiger partial charge is 0.0724 e. The van der Waals surface area contributed by atoms with Gasteiger partial charge in [-0.15, -0.1) is 0 Å². The molecule has 2 N–H and O–H groups in total. The van der Waals surface area contributed by atoms with Crippen molar-refractivity contribution in [1.82, 2.24) is 9.88 Å². The van der Waals surface area contributed by atoms with E-state index in [2.05, 4.69) is 16.8 Å². The second-order valence-corrected chi connectivity index (χ2v) is 4.86. The second-order valence-electron chi connectivity index (χ2n) is 4.86. The first-order valence-electron chi connectivity index (χ1n) is 6.14. The molecule has 94 valence electrons. The number of pyridine rings is 1. The maximum absolute atomic E-state index is 5.76. The van der Waals surface area contributed by atoms with E-state index >= 15 is 0 Å². The van der Waals surface area contributed by atoms with Crippen LogP contribution in [0.4, 0.5) is 5.69 Å². The van der Waals surface area contributed by atoms with E-state index in [0.29, 0.717) is 12.0 Å². The minimum atomic E-state index is 0.338. The van der Waals surface area contributed by atoms with Gasteiger partial charge in [0.25, 0.3) is 0 Å². The molecule has 4 heteroatoms. The molecule has 1 aliphatic heterocycles. The number of hydrogen-bond donors (Lipinski definition) is 1. The van der Waals surface area contributed by atoms with Crippen LogP contribution in [0.25, 0.3) is 0 Å². The zero-order valence-electron chi connectivity index (χ0n) is 10.6. The van der Waals surface area contributed by atoms with E-state index in [0.717, 1.165) is 31.0 Å². The average molecular weight is 235 g/mol. The van der Waals surface area contributed by atoms with E-state index in [1.165, 1.54) is 6.42 Å². The molecule has 1 aromatic rings. The van der Waals surface area contributed by atoms with Crippen LogP contribution in [-0.2, 0) is 11.3 Å². The van der Waals surface area contributed by atoms with Gasteiger partial charge >= 0.3 is 0 Å². The molecule has 1 saturated heterocycles. The molecule has 0 radical (unpaired) electrons. The molecule has 17 heavy (non-hydrogen) atoms. The van der Waals surface area contributed by atoms with Crippen LogP contribution in [0.2, 0.25) is 0 Å². The van der Waals surface area contributed by atoms with E-state index in [9.17, 15) is 0 Å². The first-order chi connectivity index (χ1) is 8.19. The molecule has 2 unspecified atom stereocenters. The molecule has 1 aliphatic rings. The molecule has 0 amide bonds. The highest BCUT2D eigenvalue weighted by Crippen LogP contribution is 2.20. The number of ether oxygens (including phenoxy) is 1. The van der Waals surface area contributed by atoms with Gasteiger partial charge in [-0.05, 0) is 31.0 Å². The third kappa shape index (κ3) is 3.17. The summed E-state index contributed by atoms with van der Waals surface area (Å²) in [5.74, 6) is 0.644. The number of anilines is 1. The number of nitrogens with two attached hydrogens (primary N) is 1. The number of nitrogens with zero attached hydrogens (tertiary/aromatic N) is 2.